The van der Waals surface area contributed by atoms with Crippen molar-refractivity contribution in [2.24, 2.45) is 0 Å². The fourth-order valence-corrected chi connectivity index (χ4v) is 3.53. The Bertz CT molecular complexity index is 1210. The zero-order valence-electron chi connectivity index (χ0n) is 16.9. The number of nitrogens with zero attached hydrogens (tertiary/aromatic N) is 2. The monoisotopic (exact) mass is 400 g/mol. The van der Waals surface area contributed by atoms with Gasteiger partial charge in [-0.25, -0.2) is 4.98 Å². The van der Waals surface area contributed by atoms with Crippen LogP contribution in [0.1, 0.15) is 30.1 Å². The molecule has 6 nitrogen and oxygen atoms in total. The van der Waals surface area contributed by atoms with E-state index in [1.807, 2.05) is 65.2 Å². The minimum absolute atomic E-state index is 0.175. The third-order valence-electron chi connectivity index (χ3n) is 5.00. The quantitative estimate of drug-likeness (QED) is 0.484. The molecule has 0 fully saturated rings. The van der Waals surface area contributed by atoms with Gasteiger partial charge in [0.25, 0.3) is 5.91 Å². The zero-order valence-corrected chi connectivity index (χ0v) is 16.9. The molecular formula is C24H24N4O2. The summed E-state index contributed by atoms with van der Waals surface area (Å²) in [7, 11) is 0. The normalized spacial score (nSPS) is 11.0. The van der Waals surface area contributed by atoms with Crippen molar-refractivity contribution in [3.63, 3.8) is 0 Å². The predicted octanol–water partition coefficient (Wildman–Crippen LogP) is 4.36. The van der Waals surface area contributed by atoms with Crippen LogP contribution in [0, 0.1) is 0 Å². The van der Waals surface area contributed by atoms with Crippen LogP contribution >= 0.6 is 0 Å². The first-order chi connectivity index (χ1) is 14.7. The zero-order chi connectivity index (χ0) is 20.9. The van der Waals surface area contributed by atoms with Crippen molar-refractivity contribution >= 4 is 39.6 Å². The van der Waals surface area contributed by atoms with E-state index in [-0.39, 0.29) is 24.8 Å². The van der Waals surface area contributed by atoms with Gasteiger partial charge in [-0.15, -0.1) is 0 Å². The number of amides is 2. The summed E-state index contributed by atoms with van der Waals surface area (Å²) < 4.78 is 2.01. The Morgan fingerprint density at radius 1 is 0.967 bits per heavy atom. The van der Waals surface area contributed by atoms with E-state index < -0.39 is 0 Å². The molecular weight excluding hydrogens is 376 g/mol. The van der Waals surface area contributed by atoms with Crippen molar-refractivity contribution in [2.45, 2.75) is 26.3 Å². The third kappa shape index (κ3) is 4.17. The number of para-hydroxylation sites is 2. The molecule has 6 heteroatoms. The molecule has 0 atom stereocenters. The Labute approximate surface area is 174 Å². The molecule has 0 saturated heterocycles. The number of aryl methyl sites for hydroxylation is 1. The molecule has 0 radical (unpaired) electrons. The lowest BCUT2D eigenvalue weighted by Gasteiger charge is -2.09. The van der Waals surface area contributed by atoms with Gasteiger partial charge in [-0.05, 0) is 41.5 Å². The van der Waals surface area contributed by atoms with E-state index >= 15 is 0 Å². The van der Waals surface area contributed by atoms with Crippen molar-refractivity contribution in [1.29, 1.82) is 0 Å². The SMILES string of the molecule is CCCn1c(NC(=O)CCNC(=O)c2ccc3ccccc3c2)nc2ccccc21. The first kappa shape index (κ1) is 19.6. The van der Waals surface area contributed by atoms with Crippen LogP contribution in [-0.4, -0.2) is 27.9 Å². The molecule has 4 aromatic rings. The fourth-order valence-electron chi connectivity index (χ4n) is 3.53. The van der Waals surface area contributed by atoms with Crippen molar-refractivity contribution in [3.05, 3.63) is 72.3 Å². The second-order valence-electron chi connectivity index (χ2n) is 7.19. The summed E-state index contributed by atoms with van der Waals surface area (Å²) in [6.07, 6.45) is 1.11. The van der Waals surface area contributed by atoms with Gasteiger partial charge in [0.15, 0.2) is 0 Å². The number of aromatic nitrogens is 2. The van der Waals surface area contributed by atoms with Gasteiger partial charge < -0.3 is 9.88 Å². The van der Waals surface area contributed by atoms with Gasteiger partial charge >= 0.3 is 0 Å². The Balaban J connectivity index is 1.36. The molecule has 0 aliphatic carbocycles. The third-order valence-corrected chi connectivity index (χ3v) is 5.00. The molecule has 0 bridgehead atoms. The molecule has 30 heavy (non-hydrogen) atoms. The number of anilines is 1. The largest absolute Gasteiger partial charge is 0.352 e. The van der Waals surface area contributed by atoms with Gasteiger partial charge in [0.1, 0.15) is 0 Å². The topological polar surface area (TPSA) is 76.0 Å². The molecule has 0 saturated carbocycles. The van der Waals surface area contributed by atoms with Crippen molar-refractivity contribution in [1.82, 2.24) is 14.9 Å². The molecule has 1 aromatic heterocycles. The van der Waals surface area contributed by atoms with E-state index in [1.165, 1.54) is 0 Å². The van der Waals surface area contributed by atoms with Gasteiger partial charge in [-0.1, -0.05) is 49.4 Å². The highest BCUT2D eigenvalue weighted by Crippen LogP contribution is 2.20. The molecule has 0 aliphatic heterocycles. The number of hydrogen-bond acceptors (Lipinski definition) is 3. The molecule has 4 rings (SSSR count). The number of nitrogens with one attached hydrogen (secondary N) is 2. The molecule has 0 unspecified atom stereocenters. The van der Waals surface area contributed by atoms with Gasteiger partial charge in [-0.3, -0.25) is 14.9 Å². The van der Waals surface area contributed by atoms with E-state index in [4.69, 9.17) is 0 Å². The second kappa shape index (κ2) is 8.78. The van der Waals surface area contributed by atoms with Gasteiger partial charge in [0.05, 0.1) is 11.0 Å². The molecule has 0 spiro atoms. The van der Waals surface area contributed by atoms with Crippen LogP contribution < -0.4 is 10.6 Å². The van der Waals surface area contributed by atoms with E-state index in [1.54, 1.807) is 6.07 Å². The highest BCUT2D eigenvalue weighted by molar-refractivity contribution is 5.99. The first-order valence-corrected chi connectivity index (χ1v) is 10.2. The Kier molecular flexibility index (Phi) is 5.75. The van der Waals surface area contributed by atoms with Crippen LogP contribution in [-0.2, 0) is 11.3 Å². The van der Waals surface area contributed by atoms with Crippen molar-refractivity contribution in [2.75, 3.05) is 11.9 Å². The summed E-state index contributed by atoms with van der Waals surface area (Å²) in [6, 6.07) is 21.3. The van der Waals surface area contributed by atoms with Gasteiger partial charge in [0.2, 0.25) is 11.9 Å². The summed E-state index contributed by atoms with van der Waals surface area (Å²) in [6.45, 7) is 3.11. The van der Waals surface area contributed by atoms with Gasteiger partial charge in [0, 0.05) is 25.1 Å². The maximum Gasteiger partial charge on any atom is 0.251 e. The van der Waals surface area contributed by atoms with E-state index in [0.717, 1.165) is 34.8 Å². The van der Waals surface area contributed by atoms with E-state index in [0.29, 0.717) is 11.5 Å². The fraction of sp³-hybridized carbons (Fsp3) is 0.208. The Morgan fingerprint density at radius 2 is 1.73 bits per heavy atom. The first-order valence-electron chi connectivity index (χ1n) is 10.2. The predicted molar refractivity (Wildman–Crippen MR) is 120 cm³/mol. The number of imidazole rings is 1. The number of rotatable bonds is 7. The number of carbonyl (C=O) groups excluding carboxylic acids is 2. The van der Waals surface area contributed by atoms with Crippen LogP contribution in [0.25, 0.3) is 21.8 Å². The second-order valence-corrected chi connectivity index (χ2v) is 7.19. The van der Waals surface area contributed by atoms with Crippen LogP contribution in [0.15, 0.2) is 66.7 Å². The molecule has 152 valence electrons. The number of benzene rings is 3. The summed E-state index contributed by atoms with van der Waals surface area (Å²) in [5, 5.41) is 7.80. The highest BCUT2D eigenvalue weighted by atomic mass is 16.2. The van der Waals surface area contributed by atoms with E-state index in [2.05, 4.69) is 22.5 Å². The highest BCUT2D eigenvalue weighted by Gasteiger charge is 2.13. The summed E-state index contributed by atoms with van der Waals surface area (Å²) >= 11 is 0. The maximum atomic E-state index is 12.4. The van der Waals surface area contributed by atoms with Crippen molar-refractivity contribution in [3.8, 4) is 0 Å². The standard InChI is InChI=1S/C24H24N4O2/c1-2-15-28-21-10-6-5-9-20(21)26-24(28)27-22(29)13-14-25-23(30)19-12-11-17-7-3-4-8-18(17)16-19/h3-12,16H,2,13-15H2,1H3,(H,25,30)(H,26,27,29). The summed E-state index contributed by atoms with van der Waals surface area (Å²) in [5.74, 6) is 0.178. The maximum absolute atomic E-state index is 12.4. The van der Waals surface area contributed by atoms with Gasteiger partial charge in [-0.2, -0.15) is 0 Å². The van der Waals surface area contributed by atoms with E-state index in [9.17, 15) is 9.59 Å². The molecule has 2 amide bonds. The number of fused-ring (bicyclic) bond motifs is 2. The average molecular weight is 400 g/mol. The van der Waals surface area contributed by atoms with Crippen LogP contribution in [0.2, 0.25) is 0 Å². The summed E-state index contributed by atoms with van der Waals surface area (Å²) in [4.78, 5) is 29.4. The molecule has 0 aliphatic rings. The lowest BCUT2D eigenvalue weighted by atomic mass is 10.1. The lowest BCUT2D eigenvalue weighted by Crippen LogP contribution is -2.28. The minimum Gasteiger partial charge on any atom is -0.352 e. The average Bonchev–Trinajstić information content (AvgIpc) is 3.10. The molecule has 2 N–H and O–H groups in total. The smallest absolute Gasteiger partial charge is 0.251 e. The van der Waals surface area contributed by atoms with Crippen molar-refractivity contribution < 1.29 is 9.59 Å². The molecule has 3 aromatic carbocycles. The van der Waals surface area contributed by atoms with Crippen LogP contribution in [0.3, 0.4) is 0 Å². The molecule has 1 heterocycles. The van der Waals surface area contributed by atoms with Crippen LogP contribution in [0.5, 0.6) is 0 Å². The Morgan fingerprint density at radius 3 is 2.57 bits per heavy atom. The number of carbonyl (C=O) groups is 2. The Hall–Kier alpha value is -3.67. The minimum atomic E-state index is -0.188. The number of hydrogen-bond donors (Lipinski definition) is 2. The lowest BCUT2D eigenvalue weighted by molar-refractivity contribution is -0.116. The summed E-state index contributed by atoms with van der Waals surface area (Å²) in [5.41, 5.74) is 2.43. The van der Waals surface area contributed by atoms with Crippen LogP contribution in [0.4, 0.5) is 5.95 Å².